The van der Waals surface area contributed by atoms with Crippen LogP contribution < -0.4 is 0 Å². The largest absolute Gasteiger partial charge is 0.477 e. The number of hydrogen-bond donors (Lipinski definition) is 2. The zero-order valence-corrected chi connectivity index (χ0v) is 10.3. The maximum Gasteiger partial charge on any atom is 0.345 e. The van der Waals surface area contributed by atoms with Crippen molar-refractivity contribution in [3.63, 3.8) is 0 Å². The van der Waals surface area contributed by atoms with Crippen LogP contribution in [0.5, 0.6) is 0 Å². The minimum atomic E-state index is -0.834. The zero-order valence-electron chi connectivity index (χ0n) is 9.53. The lowest BCUT2D eigenvalue weighted by Crippen LogP contribution is -2.04. The molecule has 3 rings (SSSR count). The Balaban J connectivity index is 1.91. The number of carboxylic acid groups (broad SMARTS) is 1. The van der Waals surface area contributed by atoms with Crippen LogP contribution in [0.15, 0.2) is 12.1 Å². The number of fused-ring (bicyclic) bond motifs is 1. The van der Waals surface area contributed by atoms with Gasteiger partial charge in [0.25, 0.3) is 0 Å². The topological polar surface area (TPSA) is 53.1 Å². The monoisotopic (exact) mass is 249 g/mol. The molecule has 2 heterocycles. The molecule has 2 N–H and O–H groups in total. The van der Waals surface area contributed by atoms with E-state index in [2.05, 4.69) is 11.1 Å². The summed E-state index contributed by atoms with van der Waals surface area (Å²) in [7, 11) is 0. The van der Waals surface area contributed by atoms with E-state index in [1.165, 1.54) is 49.1 Å². The van der Waals surface area contributed by atoms with Crippen molar-refractivity contribution in [2.24, 2.45) is 0 Å². The normalized spacial score (nSPS) is 17.6. The average molecular weight is 249 g/mol. The van der Waals surface area contributed by atoms with E-state index < -0.39 is 5.97 Å². The summed E-state index contributed by atoms with van der Waals surface area (Å²) < 4.78 is 0. The first-order valence-corrected chi connectivity index (χ1v) is 6.91. The maximum absolute atomic E-state index is 10.9. The number of aromatic nitrogens is 1. The second-order valence-corrected chi connectivity index (χ2v) is 5.81. The molecule has 0 aliphatic heterocycles. The number of hydrogen-bond acceptors (Lipinski definition) is 2. The Kier molecular flexibility index (Phi) is 2.67. The third-order valence-corrected chi connectivity index (χ3v) is 4.64. The lowest BCUT2D eigenvalue weighted by Gasteiger charge is -2.20. The van der Waals surface area contributed by atoms with Gasteiger partial charge in [0.05, 0.1) is 0 Å². The van der Waals surface area contributed by atoms with Crippen molar-refractivity contribution in [3.05, 3.63) is 22.7 Å². The Morgan fingerprint density at radius 3 is 2.71 bits per heavy atom. The van der Waals surface area contributed by atoms with E-state index in [4.69, 9.17) is 5.11 Å². The number of carbonyl (C=O) groups is 1. The first kappa shape index (κ1) is 10.8. The highest BCUT2D eigenvalue weighted by atomic mass is 32.1. The van der Waals surface area contributed by atoms with Crippen molar-refractivity contribution in [2.75, 3.05) is 0 Å². The van der Waals surface area contributed by atoms with Gasteiger partial charge in [0, 0.05) is 11.1 Å². The van der Waals surface area contributed by atoms with Crippen LogP contribution in [0.2, 0.25) is 0 Å². The van der Waals surface area contributed by atoms with Gasteiger partial charge in [-0.1, -0.05) is 19.3 Å². The lowest BCUT2D eigenvalue weighted by molar-refractivity contribution is 0.0702. The minimum absolute atomic E-state index is 0.418. The molecule has 4 heteroatoms. The van der Waals surface area contributed by atoms with Crippen LogP contribution in [-0.2, 0) is 0 Å². The molecule has 0 unspecified atom stereocenters. The molecule has 17 heavy (non-hydrogen) atoms. The minimum Gasteiger partial charge on any atom is -0.477 e. The molecule has 0 amide bonds. The number of nitrogens with one attached hydrogen (secondary N) is 1. The second-order valence-electron chi connectivity index (χ2n) is 4.76. The van der Waals surface area contributed by atoms with Gasteiger partial charge in [0.2, 0.25) is 0 Å². The molecule has 0 atom stereocenters. The second kappa shape index (κ2) is 4.18. The van der Waals surface area contributed by atoms with Crippen molar-refractivity contribution in [2.45, 2.75) is 38.0 Å². The number of aromatic carboxylic acids is 1. The van der Waals surface area contributed by atoms with Gasteiger partial charge < -0.3 is 10.1 Å². The zero-order chi connectivity index (χ0) is 11.8. The molecule has 1 fully saturated rings. The number of carboxylic acids is 1. The first-order valence-electron chi connectivity index (χ1n) is 6.10. The summed E-state index contributed by atoms with van der Waals surface area (Å²) in [6.45, 7) is 0. The molecule has 0 saturated heterocycles. The van der Waals surface area contributed by atoms with Gasteiger partial charge >= 0.3 is 5.97 Å². The van der Waals surface area contributed by atoms with Gasteiger partial charge in [0.15, 0.2) is 0 Å². The van der Waals surface area contributed by atoms with E-state index >= 15 is 0 Å². The summed E-state index contributed by atoms with van der Waals surface area (Å²) in [6, 6.07) is 3.90. The number of rotatable bonds is 2. The molecule has 2 aromatic heterocycles. The molecule has 0 spiro atoms. The summed E-state index contributed by atoms with van der Waals surface area (Å²) in [5, 5.41) is 9.97. The average Bonchev–Trinajstić information content (AvgIpc) is 2.87. The molecule has 1 aliphatic carbocycles. The maximum atomic E-state index is 10.9. The van der Waals surface area contributed by atoms with Crippen molar-refractivity contribution in [3.8, 4) is 0 Å². The molecule has 0 radical (unpaired) electrons. The van der Waals surface area contributed by atoms with Crippen LogP contribution in [0.3, 0.4) is 0 Å². The van der Waals surface area contributed by atoms with Crippen LogP contribution in [0.4, 0.5) is 0 Å². The van der Waals surface area contributed by atoms with Crippen LogP contribution in [-0.4, -0.2) is 16.1 Å². The smallest absolute Gasteiger partial charge is 0.345 e. The van der Waals surface area contributed by atoms with Gasteiger partial charge in [-0.3, -0.25) is 0 Å². The van der Waals surface area contributed by atoms with E-state index in [1.54, 1.807) is 6.07 Å². The van der Waals surface area contributed by atoms with Crippen molar-refractivity contribution >= 4 is 27.5 Å². The highest BCUT2D eigenvalue weighted by molar-refractivity contribution is 7.20. The molecule has 0 bridgehead atoms. The van der Waals surface area contributed by atoms with Crippen LogP contribution in [0, 0.1) is 0 Å². The Morgan fingerprint density at radius 1 is 1.29 bits per heavy atom. The predicted molar refractivity (Wildman–Crippen MR) is 69.0 cm³/mol. The Labute approximate surface area is 103 Å². The van der Waals surface area contributed by atoms with Crippen molar-refractivity contribution < 1.29 is 9.90 Å². The summed E-state index contributed by atoms with van der Waals surface area (Å²) >= 11 is 1.34. The van der Waals surface area contributed by atoms with Gasteiger partial charge in [-0.25, -0.2) is 4.79 Å². The molecular weight excluding hydrogens is 234 g/mol. The number of H-pyrrole nitrogens is 1. The third-order valence-electron chi connectivity index (χ3n) is 3.59. The van der Waals surface area contributed by atoms with Crippen LogP contribution in [0.1, 0.15) is 53.4 Å². The van der Waals surface area contributed by atoms with E-state index in [-0.39, 0.29) is 0 Å². The summed E-state index contributed by atoms with van der Waals surface area (Å²) in [5.41, 5.74) is 1.29. The highest BCUT2D eigenvalue weighted by Crippen LogP contribution is 2.35. The first-order chi connectivity index (χ1) is 8.24. The highest BCUT2D eigenvalue weighted by Gasteiger charge is 2.18. The van der Waals surface area contributed by atoms with Gasteiger partial charge in [0.1, 0.15) is 9.71 Å². The van der Waals surface area contributed by atoms with E-state index in [1.807, 2.05) is 0 Å². The fourth-order valence-electron chi connectivity index (χ4n) is 2.68. The van der Waals surface area contributed by atoms with Crippen molar-refractivity contribution in [1.29, 1.82) is 0 Å². The Hall–Kier alpha value is -1.29. The van der Waals surface area contributed by atoms with Crippen LogP contribution in [0.25, 0.3) is 10.2 Å². The molecule has 0 aromatic carbocycles. The summed E-state index contributed by atoms with van der Waals surface area (Å²) in [6.07, 6.45) is 6.52. The van der Waals surface area contributed by atoms with Crippen LogP contribution >= 0.6 is 11.3 Å². The number of aromatic amines is 1. The standard InChI is InChI=1S/C13H15NO2S/c15-13(16)11-7-9-6-10(14-12(9)17-11)8-4-2-1-3-5-8/h6-8,14H,1-5H2,(H,15,16). The van der Waals surface area contributed by atoms with E-state index in [0.29, 0.717) is 10.8 Å². The quantitative estimate of drug-likeness (QED) is 0.846. The third kappa shape index (κ3) is 1.97. The lowest BCUT2D eigenvalue weighted by atomic mass is 9.87. The van der Waals surface area contributed by atoms with E-state index in [0.717, 1.165) is 10.2 Å². The SMILES string of the molecule is O=C(O)c1cc2cc(C3CCCCC3)[nH]c2s1. The van der Waals surface area contributed by atoms with Gasteiger partial charge in [-0.15, -0.1) is 11.3 Å². The fraction of sp³-hybridized carbons (Fsp3) is 0.462. The predicted octanol–water partition coefficient (Wildman–Crippen LogP) is 3.98. The van der Waals surface area contributed by atoms with Gasteiger partial charge in [-0.05, 0) is 30.9 Å². The molecule has 2 aromatic rings. The molecule has 1 aliphatic rings. The fourth-order valence-corrected chi connectivity index (χ4v) is 3.58. The summed E-state index contributed by atoms with van der Waals surface area (Å²) in [4.78, 5) is 15.7. The van der Waals surface area contributed by atoms with Crippen molar-refractivity contribution in [1.82, 2.24) is 4.98 Å². The van der Waals surface area contributed by atoms with E-state index in [9.17, 15) is 4.79 Å². The molecule has 90 valence electrons. The molecule has 1 saturated carbocycles. The van der Waals surface area contributed by atoms with Gasteiger partial charge in [-0.2, -0.15) is 0 Å². The Morgan fingerprint density at radius 2 is 2.06 bits per heavy atom. The molecular formula is C13H15NO2S. The summed E-state index contributed by atoms with van der Waals surface area (Å²) in [5.74, 6) is -0.185. The number of thiophene rings is 1. The Bertz CT molecular complexity index is 517. The molecule has 3 nitrogen and oxygen atoms in total.